The first-order chi connectivity index (χ1) is 43.9. The monoisotopic (exact) mass is 1310 g/mol. The largest absolute Gasteiger partial charge is 0.508 e. The lowest BCUT2D eigenvalue weighted by Gasteiger charge is -2.51. The number of benzene rings is 3. The Morgan fingerprint density at radius 3 is 1.46 bits per heavy atom. The molecule has 5 saturated heterocycles. The first-order valence-electron chi connectivity index (χ1n) is 28.6. The summed E-state index contributed by atoms with van der Waals surface area (Å²) in [4.78, 5) is 67.3. The van der Waals surface area contributed by atoms with Crippen LogP contribution in [0.1, 0.15) is 35.3 Å². The third kappa shape index (κ3) is 17.0. The number of ether oxygens (including phenoxy) is 14. The fourth-order valence-electron chi connectivity index (χ4n) is 10.5. The quantitative estimate of drug-likeness (QED) is 0.0227. The van der Waals surface area contributed by atoms with Gasteiger partial charge in [0.1, 0.15) is 122 Å². The number of carbonyl (C=O) groups excluding carboxylic acids is 5. The van der Waals surface area contributed by atoms with Gasteiger partial charge >= 0.3 is 29.8 Å². The minimum absolute atomic E-state index is 0.110. The second kappa shape index (κ2) is 31.9. The van der Waals surface area contributed by atoms with Crippen molar-refractivity contribution in [3.05, 3.63) is 108 Å². The predicted molar refractivity (Wildman–Crippen MR) is 297 cm³/mol. The molecule has 33 heteroatoms. The molecule has 92 heavy (non-hydrogen) atoms. The summed E-state index contributed by atoms with van der Waals surface area (Å²) in [5.41, 5.74) is 0.522. The highest BCUT2D eigenvalue weighted by Crippen LogP contribution is 2.43. The first kappa shape index (κ1) is 71.1. The molecule has 24 atom stereocenters. The van der Waals surface area contributed by atoms with Gasteiger partial charge in [0.15, 0.2) is 43.5 Å². The van der Waals surface area contributed by atoms with Gasteiger partial charge in [-0.05, 0) is 59.7 Å². The molecule has 0 saturated carbocycles. The average Bonchev–Trinajstić information content (AvgIpc) is 1.38. The Balaban J connectivity index is 1.29. The summed E-state index contributed by atoms with van der Waals surface area (Å²) in [5.74, 6) is -9.00. The molecule has 5 aliphatic heterocycles. The van der Waals surface area contributed by atoms with E-state index in [9.17, 15) is 95.5 Å². The molecular formula is C59H72O33. The fraction of sp³-hybridized carbons (Fsp3) is 0.542. The predicted octanol–water partition coefficient (Wildman–Crippen LogP) is -4.98. The van der Waals surface area contributed by atoms with Crippen LogP contribution in [-0.4, -0.2) is 288 Å². The van der Waals surface area contributed by atoms with Crippen LogP contribution in [0.15, 0.2) is 91.0 Å². The van der Waals surface area contributed by atoms with Gasteiger partial charge in [-0.1, -0.05) is 42.5 Å². The van der Waals surface area contributed by atoms with E-state index >= 15 is 0 Å². The van der Waals surface area contributed by atoms with Gasteiger partial charge in [0.25, 0.3) is 0 Å². The van der Waals surface area contributed by atoms with Gasteiger partial charge in [-0.15, -0.1) is 0 Å². The van der Waals surface area contributed by atoms with Crippen molar-refractivity contribution in [2.45, 2.75) is 161 Å². The highest BCUT2D eigenvalue weighted by molar-refractivity contribution is 5.90. The van der Waals surface area contributed by atoms with Crippen molar-refractivity contribution in [3.8, 4) is 11.5 Å². The third-order valence-corrected chi connectivity index (χ3v) is 15.2. The van der Waals surface area contributed by atoms with Crippen molar-refractivity contribution < 1.29 is 162 Å². The van der Waals surface area contributed by atoms with Gasteiger partial charge in [-0.25, -0.2) is 14.4 Å². The van der Waals surface area contributed by atoms with Crippen LogP contribution < -0.4 is 0 Å². The summed E-state index contributed by atoms with van der Waals surface area (Å²) in [7, 11) is 0. The van der Waals surface area contributed by atoms with Crippen LogP contribution in [0, 0.1) is 0 Å². The number of aliphatic hydroxyl groups is 12. The van der Waals surface area contributed by atoms with E-state index in [4.69, 9.17) is 66.3 Å². The summed E-state index contributed by atoms with van der Waals surface area (Å²) in [6.07, 6.45) is -45.2. The molecule has 0 aromatic heterocycles. The lowest BCUT2D eigenvalue weighted by Crippen LogP contribution is -2.70. The van der Waals surface area contributed by atoms with Crippen LogP contribution in [0.2, 0.25) is 0 Å². The maximum absolute atomic E-state index is 14.2. The molecule has 0 bridgehead atoms. The van der Waals surface area contributed by atoms with Gasteiger partial charge in [0, 0.05) is 26.0 Å². The molecule has 0 amide bonds. The molecule has 8 rings (SSSR count). The van der Waals surface area contributed by atoms with Gasteiger partial charge in [0.05, 0.1) is 32.0 Å². The molecule has 0 spiro atoms. The van der Waals surface area contributed by atoms with E-state index in [-0.39, 0.29) is 17.1 Å². The van der Waals surface area contributed by atoms with Crippen molar-refractivity contribution in [1.29, 1.82) is 0 Å². The van der Waals surface area contributed by atoms with E-state index in [1.54, 1.807) is 6.07 Å². The fourth-order valence-corrected chi connectivity index (χ4v) is 10.5. The van der Waals surface area contributed by atoms with E-state index < -0.39 is 216 Å². The number of phenolic OH excluding ortho intramolecular Hbond substituents is 2. The number of hydrogen-bond donors (Lipinski definition) is 14. The Labute approximate surface area is 522 Å². The smallest absolute Gasteiger partial charge is 0.338 e. The Morgan fingerprint density at radius 2 is 0.935 bits per heavy atom. The highest BCUT2D eigenvalue weighted by Gasteiger charge is 2.64. The average molecular weight is 1310 g/mol. The third-order valence-electron chi connectivity index (χ3n) is 15.2. The zero-order valence-corrected chi connectivity index (χ0v) is 48.9. The molecule has 14 N–H and O–H groups in total. The number of carbonyl (C=O) groups is 5. The summed E-state index contributed by atoms with van der Waals surface area (Å²) in [5, 5.41) is 153. The summed E-state index contributed by atoms with van der Waals surface area (Å²) in [6.45, 7) is -4.72. The SMILES string of the molecule is CC(=O)OC[C@@H]1O[C@H](O[C@@H]2[C@H](O[C@@H]3O[C@H](CO)[C@H](O)[C@H](O)[C@H]3O)[C@H](O[C@@]3(COC(=O)C=Cc4ccc(O)cc4)O[C@@H](CO)[C@H](O)[C@H]3OC(=O)c3ccccc3)O[C@@H](CO)[C@@H]2OC(=O)C=Cc2ccc(O)cc2)[C@@H](O)[C@@H](O[C@@H]2O[C@H](CO)[C@@H](O)[C@H](O)[C@H]2O)[C@H]1OC(C)=O. The molecule has 5 heterocycles. The Bertz CT molecular complexity index is 2970. The first-order valence-corrected chi connectivity index (χ1v) is 28.6. The van der Waals surface area contributed by atoms with E-state index in [1.807, 2.05) is 0 Å². The molecule has 0 aliphatic carbocycles. The second-order valence-corrected chi connectivity index (χ2v) is 21.6. The molecule has 3 aromatic rings. The second-order valence-electron chi connectivity index (χ2n) is 21.6. The molecule has 0 unspecified atom stereocenters. The molecule has 3 aromatic carbocycles. The molecule has 5 fully saturated rings. The van der Waals surface area contributed by atoms with Gasteiger partial charge in [-0.2, -0.15) is 0 Å². The maximum Gasteiger partial charge on any atom is 0.338 e. The molecule has 33 nitrogen and oxygen atoms in total. The number of rotatable bonds is 24. The number of aliphatic hydroxyl groups excluding tert-OH is 12. The summed E-state index contributed by atoms with van der Waals surface area (Å²) >= 11 is 0. The highest BCUT2D eigenvalue weighted by atomic mass is 16.8. The van der Waals surface area contributed by atoms with Crippen molar-refractivity contribution in [2.24, 2.45) is 0 Å². The number of aromatic hydroxyl groups is 2. The molecule has 0 radical (unpaired) electrons. The standard InChI is InChI=1S/C59H72O33/c1-26(64)79-24-37-49(81-27(2)65)50(87-55-45(75)43(73)40(70)33(20-60)82-55)47(77)57(85-37)88-51-48(86-39(69)19-13-29-10-16-32(67)17-11-29)36(23-63)84-58(52(51)89-56-46(76)44(74)41(71)34(21-61)83-56)92-59(25-80-38(68)18-12-28-8-14-31(66)15-9-28)53(42(72)35(22-62)91-59)90-54(78)30-6-4-3-5-7-30/h3-19,33-37,40-53,55-58,60-63,66-67,70-77H,20-25H2,1-2H3/t33-,34-,35+,36+,37+,40-,41+,42+,43+,44+,45-,46-,47+,48+,49+,50-,51+,52+,53-,55+,56+,57-,58+,59-/m1/s1. The van der Waals surface area contributed by atoms with Crippen LogP contribution in [0.3, 0.4) is 0 Å². The Hall–Kier alpha value is -6.75. The van der Waals surface area contributed by atoms with Crippen molar-refractivity contribution in [3.63, 3.8) is 0 Å². The van der Waals surface area contributed by atoms with Crippen molar-refractivity contribution in [1.82, 2.24) is 0 Å². The Kier molecular flexibility index (Phi) is 24.7. The molecule has 506 valence electrons. The van der Waals surface area contributed by atoms with Crippen molar-refractivity contribution >= 4 is 42.0 Å². The van der Waals surface area contributed by atoms with Gasteiger partial charge in [-0.3, -0.25) is 9.59 Å². The van der Waals surface area contributed by atoms with E-state index in [2.05, 4.69) is 0 Å². The van der Waals surface area contributed by atoms with Crippen LogP contribution >= 0.6 is 0 Å². The number of phenols is 2. The molecular weight excluding hydrogens is 1240 g/mol. The summed E-state index contributed by atoms with van der Waals surface area (Å²) in [6, 6.07) is 17.9. The Morgan fingerprint density at radius 1 is 0.457 bits per heavy atom. The van der Waals surface area contributed by atoms with E-state index in [0.717, 1.165) is 26.0 Å². The summed E-state index contributed by atoms with van der Waals surface area (Å²) < 4.78 is 83.9. The van der Waals surface area contributed by atoms with Gasteiger partial charge < -0.3 is 138 Å². The van der Waals surface area contributed by atoms with Gasteiger partial charge in [0.2, 0.25) is 5.79 Å². The van der Waals surface area contributed by atoms with Crippen LogP contribution in [0.4, 0.5) is 0 Å². The minimum atomic E-state index is -2.99. The van der Waals surface area contributed by atoms with E-state index in [0.29, 0.717) is 11.1 Å². The normalized spacial score (nSPS) is 36.5. The maximum atomic E-state index is 14.2. The topological polar surface area (TPSA) is 498 Å². The lowest BCUT2D eigenvalue weighted by molar-refractivity contribution is -0.423. The van der Waals surface area contributed by atoms with E-state index in [1.165, 1.54) is 84.9 Å². The zero-order chi connectivity index (χ0) is 66.7. The number of esters is 5. The van der Waals surface area contributed by atoms with Crippen molar-refractivity contribution in [2.75, 3.05) is 39.6 Å². The zero-order valence-electron chi connectivity index (χ0n) is 48.9. The molecule has 5 aliphatic rings. The minimum Gasteiger partial charge on any atom is -0.508 e. The lowest BCUT2D eigenvalue weighted by atomic mass is 9.95. The van der Waals surface area contributed by atoms with Crippen LogP contribution in [0.25, 0.3) is 12.2 Å². The van der Waals surface area contributed by atoms with Crippen LogP contribution in [-0.2, 0) is 85.5 Å². The van der Waals surface area contributed by atoms with Crippen LogP contribution in [0.5, 0.6) is 11.5 Å². The number of hydrogen-bond acceptors (Lipinski definition) is 33.